The van der Waals surface area contributed by atoms with E-state index in [1.165, 1.54) is 6.92 Å². The van der Waals surface area contributed by atoms with Crippen LogP contribution in [0.1, 0.15) is 6.92 Å². The zero-order valence-electron chi connectivity index (χ0n) is 5.90. The maximum Gasteiger partial charge on any atom is 0.267 e. The molecule has 0 heterocycles. The van der Waals surface area contributed by atoms with Crippen molar-refractivity contribution in [2.24, 2.45) is 0 Å². The largest absolute Gasteiger partial charge is 0.412 e. The molecule has 10 heavy (non-hydrogen) atoms. The van der Waals surface area contributed by atoms with Crippen LogP contribution in [0.3, 0.4) is 0 Å². The molecule has 7 heteroatoms. The molecular weight excluding hydrogens is 171 g/mol. The van der Waals surface area contributed by atoms with Crippen LogP contribution in [0.2, 0.25) is 0 Å². The molecule has 0 fully saturated rings. The number of hydrogen-bond donors (Lipinski definition) is 2. The van der Waals surface area contributed by atoms with Crippen molar-refractivity contribution in [3.8, 4) is 0 Å². The average molecular weight is 181 g/mol. The van der Waals surface area contributed by atoms with E-state index in [2.05, 4.69) is 0 Å². The molecule has 0 aliphatic rings. The van der Waals surface area contributed by atoms with E-state index in [4.69, 9.17) is 9.66 Å². The third-order valence-corrected chi connectivity index (χ3v) is 1.36. The third kappa shape index (κ3) is 15.9. The molecule has 59 valence electrons. The van der Waals surface area contributed by atoms with Crippen molar-refractivity contribution < 1.29 is 23.6 Å². The van der Waals surface area contributed by atoms with Gasteiger partial charge in [0, 0.05) is 29.6 Å². The van der Waals surface area contributed by atoms with E-state index in [-0.39, 0.29) is 35.0 Å². The Hall–Kier alpha value is 0.830. The van der Waals surface area contributed by atoms with Gasteiger partial charge < -0.3 is 10.6 Å². The van der Waals surface area contributed by atoms with Gasteiger partial charge in [-0.1, -0.05) is 0 Å². The molecule has 4 N–H and O–H groups in total. The van der Waals surface area contributed by atoms with E-state index in [9.17, 15) is 8.42 Å². The summed E-state index contributed by atoms with van der Waals surface area (Å²) in [7, 11) is -3.97. The minimum absolute atomic E-state index is 0. The van der Waals surface area contributed by atoms with Crippen molar-refractivity contribution in [2.75, 3.05) is 5.75 Å². The molecule has 0 amide bonds. The average Bonchev–Trinajstić information content (AvgIpc) is 1.21. The molecule has 0 bridgehead atoms. The SMILES string of the molecule is CC(O)CS(=O)(=O)O.O.[Na]. The van der Waals surface area contributed by atoms with E-state index >= 15 is 0 Å². The monoisotopic (exact) mass is 181 g/mol. The second-order valence-corrected chi connectivity index (χ2v) is 3.09. The summed E-state index contributed by atoms with van der Waals surface area (Å²) in [5.41, 5.74) is 0. The van der Waals surface area contributed by atoms with Gasteiger partial charge in [0.15, 0.2) is 0 Å². The fourth-order valence-corrected chi connectivity index (χ4v) is 0.914. The van der Waals surface area contributed by atoms with Crippen LogP contribution in [0.4, 0.5) is 0 Å². The third-order valence-electron chi connectivity index (χ3n) is 0.452. The van der Waals surface area contributed by atoms with E-state index in [0.717, 1.165) is 0 Å². The molecule has 5 nitrogen and oxygen atoms in total. The summed E-state index contributed by atoms with van der Waals surface area (Å²) in [5, 5.41) is 8.35. The first-order valence-corrected chi connectivity index (χ1v) is 3.66. The Morgan fingerprint density at radius 2 is 1.80 bits per heavy atom. The molecule has 0 aromatic rings. The Balaban J connectivity index is -0.000000245. The van der Waals surface area contributed by atoms with Gasteiger partial charge in [-0.25, -0.2) is 0 Å². The maximum atomic E-state index is 9.84. The fraction of sp³-hybridized carbons (Fsp3) is 1.00. The van der Waals surface area contributed by atoms with Crippen LogP contribution in [0.15, 0.2) is 0 Å². The van der Waals surface area contributed by atoms with E-state index in [0.29, 0.717) is 0 Å². The zero-order valence-corrected chi connectivity index (χ0v) is 8.72. The molecule has 0 saturated carbocycles. The van der Waals surface area contributed by atoms with Gasteiger partial charge in [0.05, 0.1) is 6.10 Å². The van der Waals surface area contributed by atoms with Crippen LogP contribution in [-0.4, -0.2) is 65.0 Å². The van der Waals surface area contributed by atoms with Crippen LogP contribution >= 0.6 is 0 Å². The van der Waals surface area contributed by atoms with Gasteiger partial charge in [-0.05, 0) is 6.92 Å². The number of aliphatic hydroxyl groups is 1. The van der Waals surface area contributed by atoms with E-state index in [1.54, 1.807) is 0 Å². The minimum atomic E-state index is -3.97. The maximum absolute atomic E-state index is 9.84. The van der Waals surface area contributed by atoms with Crippen LogP contribution in [0, 0.1) is 0 Å². The molecule has 0 saturated heterocycles. The summed E-state index contributed by atoms with van der Waals surface area (Å²) >= 11 is 0. The summed E-state index contributed by atoms with van der Waals surface area (Å²) in [4.78, 5) is 0. The quantitative estimate of drug-likeness (QED) is 0.381. The Morgan fingerprint density at radius 3 is 1.80 bits per heavy atom. The molecule has 0 aromatic heterocycles. The molecule has 1 unspecified atom stereocenters. The predicted octanol–water partition coefficient (Wildman–Crippen LogP) is -1.95. The zero-order chi connectivity index (χ0) is 6.78. The summed E-state index contributed by atoms with van der Waals surface area (Å²) < 4.78 is 27.7. The minimum Gasteiger partial charge on any atom is -0.412 e. The van der Waals surface area contributed by atoms with Gasteiger partial charge in [0.25, 0.3) is 10.1 Å². The van der Waals surface area contributed by atoms with Crippen molar-refractivity contribution in [1.29, 1.82) is 0 Å². The molecule has 1 atom stereocenters. The predicted molar refractivity (Wildman–Crippen MR) is 37.5 cm³/mol. The second kappa shape index (κ2) is 6.53. The Labute approximate surface area is 81.8 Å². The Morgan fingerprint density at radius 1 is 1.50 bits per heavy atom. The van der Waals surface area contributed by atoms with Gasteiger partial charge >= 0.3 is 0 Å². The van der Waals surface area contributed by atoms with Gasteiger partial charge in [-0.15, -0.1) is 0 Å². The van der Waals surface area contributed by atoms with Crippen molar-refractivity contribution >= 4 is 39.7 Å². The van der Waals surface area contributed by atoms with Crippen molar-refractivity contribution in [3.05, 3.63) is 0 Å². The Bertz CT molecular complexity index is 150. The van der Waals surface area contributed by atoms with Gasteiger partial charge in [0.1, 0.15) is 5.75 Å². The smallest absolute Gasteiger partial charge is 0.267 e. The molecule has 0 spiro atoms. The normalized spacial score (nSPS) is 12.7. The summed E-state index contributed by atoms with van der Waals surface area (Å²) in [6, 6.07) is 0. The summed E-state index contributed by atoms with van der Waals surface area (Å²) in [6.07, 6.45) is -0.995. The fourth-order valence-electron chi connectivity index (χ4n) is 0.305. The van der Waals surface area contributed by atoms with Crippen molar-refractivity contribution in [3.63, 3.8) is 0 Å². The first kappa shape index (κ1) is 17.1. The molecule has 0 aliphatic heterocycles. The Kier molecular flexibility index (Phi) is 11.2. The van der Waals surface area contributed by atoms with Crippen molar-refractivity contribution in [1.82, 2.24) is 0 Å². The number of hydrogen-bond acceptors (Lipinski definition) is 3. The number of aliphatic hydroxyl groups excluding tert-OH is 1. The van der Waals surface area contributed by atoms with Crippen LogP contribution in [-0.2, 0) is 10.1 Å². The number of rotatable bonds is 2. The van der Waals surface area contributed by atoms with Gasteiger partial charge in [-0.2, -0.15) is 8.42 Å². The van der Waals surface area contributed by atoms with Gasteiger partial charge in [0.2, 0.25) is 0 Å². The van der Waals surface area contributed by atoms with Crippen LogP contribution < -0.4 is 0 Å². The first-order chi connectivity index (χ1) is 3.42. The summed E-state index contributed by atoms with van der Waals surface area (Å²) in [5.74, 6) is -0.590. The standard InChI is InChI=1S/C3H8O4S.Na.H2O/c1-3(4)2-8(5,6)7;;/h3-4H,2H2,1H3,(H,5,6,7);;1H2. The molecule has 0 rings (SSSR count). The molecule has 0 aromatic carbocycles. The topological polar surface area (TPSA) is 106 Å². The molecule has 0 aliphatic carbocycles. The van der Waals surface area contributed by atoms with Crippen molar-refractivity contribution in [2.45, 2.75) is 13.0 Å². The van der Waals surface area contributed by atoms with Gasteiger partial charge in [-0.3, -0.25) is 4.55 Å². The first-order valence-electron chi connectivity index (χ1n) is 2.05. The second-order valence-electron chi connectivity index (χ2n) is 1.60. The van der Waals surface area contributed by atoms with Crippen LogP contribution in [0.25, 0.3) is 0 Å². The summed E-state index contributed by atoms with van der Waals surface area (Å²) in [6.45, 7) is 1.29. The molecular formula is C3H10NaO5S. The van der Waals surface area contributed by atoms with Crippen LogP contribution in [0.5, 0.6) is 0 Å². The van der Waals surface area contributed by atoms with E-state index < -0.39 is 22.0 Å². The molecule has 1 radical (unpaired) electrons. The van der Waals surface area contributed by atoms with E-state index in [1.807, 2.05) is 0 Å².